The van der Waals surface area contributed by atoms with E-state index >= 15 is 0 Å². The van der Waals surface area contributed by atoms with Crippen LogP contribution in [-0.2, 0) is 5.67 Å². The molecule has 2 aromatic rings. The number of alkyl halides is 1. The summed E-state index contributed by atoms with van der Waals surface area (Å²) in [7, 11) is 0. The molecule has 0 fully saturated rings. The Morgan fingerprint density at radius 2 is 1.53 bits per heavy atom. The summed E-state index contributed by atoms with van der Waals surface area (Å²) < 4.78 is 13.9. The first-order valence-corrected chi connectivity index (χ1v) is 5.83. The highest BCUT2D eigenvalue weighted by molar-refractivity contribution is 5.64. The van der Waals surface area contributed by atoms with Gasteiger partial charge in [-0.25, -0.2) is 4.39 Å². The van der Waals surface area contributed by atoms with Gasteiger partial charge in [-0.05, 0) is 43.5 Å². The third kappa shape index (κ3) is 2.73. The first-order valence-electron chi connectivity index (χ1n) is 5.83. The Labute approximate surface area is 102 Å². The van der Waals surface area contributed by atoms with Gasteiger partial charge in [-0.1, -0.05) is 48.0 Å². The minimum Gasteiger partial charge on any atom is -0.239 e. The number of aryl methyl sites for hydroxylation is 1. The third-order valence-electron chi connectivity index (χ3n) is 2.93. The lowest BCUT2D eigenvalue weighted by atomic mass is 9.95. The Morgan fingerprint density at radius 3 is 2.12 bits per heavy atom. The van der Waals surface area contributed by atoms with Crippen molar-refractivity contribution in [2.45, 2.75) is 26.4 Å². The molecule has 0 radical (unpaired) electrons. The zero-order valence-electron chi connectivity index (χ0n) is 10.5. The van der Waals surface area contributed by atoms with E-state index < -0.39 is 5.67 Å². The van der Waals surface area contributed by atoms with E-state index in [1.165, 1.54) is 5.56 Å². The van der Waals surface area contributed by atoms with Crippen molar-refractivity contribution in [3.63, 3.8) is 0 Å². The van der Waals surface area contributed by atoms with E-state index in [1.54, 1.807) is 13.8 Å². The lowest BCUT2D eigenvalue weighted by Gasteiger charge is -2.15. The molecule has 0 nitrogen and oxygen atoms in total. The summed E-state index contributed by atoms with van der Waals surface area (Å²) in [5.41, 5.74) is 2.85. The van der Waals surface area contributed by atoms with Crippen LogP contribution in [-0.4, -0.2) is 0 Å². The monoisotopic (exact) mass is 228 g/mol. The molecule has 0 aliphatic rings. The fourth-order valence-corrected chi connectivity index (χ4v) is 1.81. The predicted octanol–water partition coefficient (Wildman–Crippen LogP) is 4.87. The molecule has 0 atom stereocenters. The molecule has 0 bridgehead atoms. The minimum atomic E-state index is -1.29. The van der Waals surface area contributed by atoms with Crippen LogP contribution in [0.1, 0.15) is 25.0 Å². The van der Waals surface area contributed by atoms with Gasteiger partial charge in [0.05, 0.1) is 0 Å². The van der Waals surface area contributed by atoms with Crippen molar-refractivity contribution in [2.24, 2.45) is 0 Å². The molecular weight excluding hydrogens is 211 g/mol. The summed E-state index contributed by atoms with van der Waals surface area (Å²) in [5, 5.41) is 0. The lowest BCUT2D eigenvalue weighted by molar-refractivity contribution is 0.221. The zero-order chi connectivity index (χ0) is 12.5. The largest absolute Gasteiger partial charge is 0.239 e. The van der Waals surface area contributed by atoms with Gasteiger partial charge >= 0.3 is 0 Å². The molecule has 0 aliphatic heterocycles. The Morgan fingerprint density at radius 1 is 0.882 bits per heavy atom. The van der Waals surface area contributed by atoms with Gasteiger partial charge in [0, 0.05) is 0 Å². The second-order valence-electron chi connectivity index (χ2n) is 4.92. The second-order valence-corrected chi connectivity index (χ2v) is 4.92. The molecule has 1 heteroatoms. The molecule has 88 valence electrons. The molecule has 0 aromatic heterocycles. The highest BCUT2D eigenvalue weighted by Crippen LogP contribution is 2.28. The molecule has 2 aromatic carbocycles. The van der Waals surface area contributed by atoms with E-state index in [4.69, 9.17) is 0 Å². The van der Waals surface area contributed by atoms with Crippen LogP contribution < -0.4 is 0 Å². The summed E-state index contributed by atoms with van der Waals surface area (Å²) in [6, 6.07) is 16.0. The van der Waals surface area contributed by atoms with E-state index in [0.717, 1.165) is 16.7 Å². The highest BCUT2D eigenvalue weighted by Gasteiger charge is 2.18. The summed E-state index contributed by atoms with van der Waals surface area (Å²) in [6.45, 7) is 5.23. The molecule has 0 aliphatic carbocycles. The van der Waals surface area contributed by atoms with Gasteiger partial charge in [0.25, 0.3) is 0 Å². The molecule has 0 unspecified atom stereocenters. The van der Waals surface area contributed by atoms with Crippen molar-refractivity contribution in [2.75, 3.05) is 0 Å². The van der Waals surface area contributed by atoms with Crippen LogP contribution in [0.2, 0.25) is 0 Å². The predicted molar refractivity (Wildman–Crippen MR) is 70.7 cm³/mol. The van der Waals surface area contributed by atoms with Crippen molar-refractivity contribution in [1.82, 2.24) is 0 Å². The maximum absolute atomic E-state index is 13.9. The van der Waals surface area contributed by atoms with Crippen LogP contribution in [0.25, 0.3) is 11.1 Å². The van der Waals surface area contributed by atoms with Crippen molar-refractivity contribution in [1.29, 1.82) is 0 Å². The van der Waals surface area contributed by atoms with E-state index in [-0.39, 0.29) is 0 Å². The van der Waals surface area contributed by atoms with Crippen LogP contribution in [0.15, 0.2) is 48.5 Å². The van der Waals surface area contributed by atoms with Gasteiger partial charge < -0.3 is 0 Å². The van der Waals surface area contributed by atoms with Gasteiger partial charge in [-0.2, -0.15) is 0 Å². The van der Waals surface area contributed by atoms with Crippen LogP contribution in [0, 0.1) is 6.92 Å². The fraction of sp³-hybridized carbons (Fsp3) is 0.250. The zero-order valence-corrected chi connectivity index (χ0v) is 10.5. The van der Waals surface area contributed by atoms with Crippen molar-refractivity contribution in [3.8, 4) is 11.1 Å². The Balaban J connectivity index is 2.43. The van der Waals surface area contributed by atoms with Gasteiger partial charge in [0.15, 0.2) is 0 Å². The summed E-state index contributed by atoms with van der Waals surface area (Å²) in [4.78, 5) is 0. The quantitative estimate of drug-likeness (QED) is 0.688. The topological polar surface area (TPSA) is 0 Å². The maximum Gasteiger partial charge on any atom is 0.130 e. The molecule has 0 N–H and O–H groups in total. The number of benzene rings is 2. The number of hydrogen-bond donors (Lipinski definition) is 0. The maximum atomic E-state index is 13.9. The second kappa shape index (κ2) is 4.33. The normalized spacial score (nSPS) is 11.5. The molecule has 0 saturated carbocycles. The molecule has 0 heterocycles. The Bertz CT molecular complexity index is 504. The van der Waals surface area contributed by atoms with Crippen molar-refractivity contribution in [3.05, 3.63) is 59.7 Å². The highest BCUT2D eigenvalue weighted by atomic mass is 19.1. The molecular formula is C16H17F. The Hall–Kier alpha value is -1.63. The van der Waals surface area contributed by atoms with Gasteiger partial charge in [-0.3, -0.25) is 0 Å². The Kier molecular flexibility index (Phi) is 3.01. The average Bonchev–Trinajstić information content (AvgIpc) is 2.29. The first kappa shape index (κ1) is 11.8. The molecule has 2 rings (SSSR count). The summed E-state index contributed by atoms with van der Waals surface area (Å²) >= 11 is 0. The smallest absolute Gasteiger partial charge is 0.130 e. The number of halogens is 1. The summed E-state index contributed by atoms with van der Waals surface area (Å²) in [6.07, 6.45) is 0. The van der Waals surface area contributed by atoms with E-state index in [2.05, 4.69) is 31.2 Å². The SMILES string of the molecule is Cc1ccc(-c2cccc(C(C)(C)F)c2)cc1. The molecule has 0 saturated heterocycles. The lowest BCUT2D eigenvalue weighted by Crippen LogP contribution is -2.08. The van der Waals surface area contributed by atoms with Crippen molar-refractivity contribution < 1.29 is 4.39 Å². The minimum absolute atomic E-state index is 0.718. The van der Waals surface area contributed by atoms with Gasteiger partial charge in [-0.15, -0.1) is 0 Å². The number of hydrogen-bond acceptors (Lipinski definition) is 0. The first-order chi connectivity index (χ1) is 7.97. The third-order valence-corrected chi connectivity index (χ3v) is 2.93. The molecule has 0 amide bonds. The van der Waals surface area contributed by atoms with E-state index in [9.17, 15) is 4.39 Å². The van der Waals surface area contributed by atoms with Gasteiger partial charge in [0.2, 0.25) is 0 Å². The van der Waals surface area contributed by atoms with Gasteiger partial charge in [0.1, 0.15) is 5.67 Å². The average molecular weight is 228 g/mol. The molecule has 0 spiro atoms. The van der Waals surface area contributed by atoms with Crippen LogP contribution in [0.3, 0.4) is 0 Å². The van der Waals surface area contributed by atoms with Crippen LogP contribution >= 0.6 is 0 Å². The van der Waals surface area contributed by atoms with Crippen molar-refractivity contribution >= 4 is 0 Å². The summed E-state index contributed by atoms with van der Waals surface area (Å²) in [5.74, 6) is 0. The van der Waals surface area contributed by atoms with E-state index in [0.29, 0.717) is 0 Å². The molecule has 17 heavy (non-hydrogen) atoms. The van der Waals surface area contributed by atoms with E-state index in [1.807, 2.05) is 24.3 Å². The number of rotatable bonds is 2. The fourth-order valence-electron chi connectivity index (χ4n) is 1.81. The standard InChI is InChI=1S/C16H17F/c1-12-7-9-13(10-8-12)14-5-4-6-15(11-14)16(2,3)17/h4-11H,1-3H3. The van der Waals surface area contributed by atoms with Crippen LogP contribution in [0.4, 0.5) is 4.39 Å². The van der Waals surface area contributed by atoms with Crippen LogP contribution in [0.5, 0.6) is 0 Å².